The minimum atomic E-state index is 0.257. The summed E-state index contributed by atoms with van der Waals surface area (Å²) in [4.78, 5) is 0. The summed E-state index contributed by atoms with van der Waals surface area (Å²) in [5.74, 6) is 3.31. The van der Waals surface area contributed by atoms with Crippen LogP contribution in [0.2, 0.25) is 0 Å². The van der Waals surface area contributed by atoms with Gasteiger partial charge in [0.1, 0.15) is 0 Å². The fraction of sp³-hybridized carbons (Fsp3) is 1.00. The van der Waals surface area contributed by atoms with Crippen LogP contribution in [0.1, 0.15) is 51.9 Å². The highest BCUT2D eigenvalue weighted by Gasteiger charge is 2.40. The monoisotopic (exact) mass is 271 g/mol. The molecule has 1 saturated heterocycles. The Labute approximate surface area is 117 Å². The quantitative estimate of drug-likeness (QED) is 0.827. The molecule has 18 heavy (non-hydrogen) atoms. The summed E-state index contributed by atoms with van der Waals surface area (Å²) in [6.07, 6.45) is 9.32. The lowest BCUT2D eigenvalue weighted by Gasteiger charge is -2.45. The molecule has 2 rings (SSSR count). The van der Waals surface area contributed by atoms with Crippen LogP contribution in [0.4, 0.5) is 0 Å². The lowest BCUT2D eigenvalue weighted by atomic mass is 9.74. The maximum atomic E-state index is 6.20. The Balaban J connectivity index is 1.91. The molecule has 1 aliphatic heterocycles. The highest BCUT2D eigenvalue weighted by molar-refractivity contribution is 7.99. The van der Waals surface area contributed by atoms with Crippen molar-refractivity contribution in [2.45, 2.75) is 63.5 Å². The van der Waals surface area contributed by atoms with Gasteiger partial charge >= 0.3 is 0 Å². The SMILES string of the molecule is CCSCC(NC)C1CCOC2(CCCCC2)C1. The van der Waals surface area contributed by atoms with Gasteiger partial charge in [0.15, 0.2) is 0 Å². The topological polar surface area (TPSA) is 21.3 Å². The Hall–Kier alpha value is 0.270. The molecule has 0 bridgehead atoms. The summed E-state index contributed by atoms with van der Waals surface area (Å²) in [6.45, 7) is 3.24. The van der Waals surface area contributed by atoms with Crippen molar-refractivity contribution < 1.29 is 4.74 Å². The van der Waals surface area contributed by atoms with Crippen molar-refractivity contribution in [3.8, 4) is 0 Å². The maximum absolute atomic E-state index is 6.20. The van der Waals surface area contributed by atoms with Crippen molar-refractivity contribution in [2.75, 3.05) is 25.2 Å². The van der Waals surface area contributed by atoms with Crippen LogP contribution in [-0.4, -0.2) is 36.8 Å². The summed E-state index contributed by atoms with van der Waals surface area (Å²) in [6, 6.07) is 0.678. The summed E-state index contributed by atoms with van der Waals surface area (Å²) in [5.41, 5.74) is 0.257. The van der Waals surface area contributed by atoms with Crippen LogP contribution in [0.25, 0.3) is 0 Å². The Morgan fingerprint density at radius 2 is 2.11 bits per heavy atom. The van der Waals surface area contributed by atoms with E-state index in [0.29, 0.717) is 6.04 Å². The van der Waals surface area contributed by atoms with Crippen molar-refractivity contribution in [1.82, 2.24) is 5.32 Å². The molecule has 0 aromatic rings. The third-order valence-corrected chi connectivity index (χ3v) is 5.74. The first-order valence-corrected chi connectivity index (χ1v) is 8.84. The molecule has 2 atom stereocenters. The molecule has 3 heteroatoms. The van der Waals surface area contributed by atoms with E-state index in [2.05, 4.69) is 31.1 Å². The van der Waals surface area contributed by atoms with Gasteiger partial charge in [0.25, 0.3) is 0 Å². The van der Waals surface area contributed by atoms with Gasteiger partial charge in [-0.3, -0.25) is 0 Å². The van der Waals surface area contributed by atoms with Gasteiger partial charge in [-0.25, -0.2) is 0 Å². The molecule has 2 unspecified atom stereocenters. The molecule has 106 valence electrons. The second kappa shape index (κ2) is 7.16. The predicted molar refractivity (Wildman–Crippen MR) is 80.3 cm³/mol. The molecule has 1 aliphatic carbocycles. The molecular formula is C15H29NOS. The Morgan fingerprint density at radius 3 is 2.78 bits per heavy atom. The zero-order valence-corrected chi connectivity index (χ0v) is 12.9. The smallest absolute Gasteiger partial charge is 0.0685 e. The van der Waals surface area contributed by atoms with Crippen LogP contribution >= 0.6 is 11.8 Å². The van der Waals surface area contributed by atoms with Gasteiger partial charge in [-0.05, 0) is 44.4 Å². The average Bonchev–Trinajstić information content (AvgIpc) is 2.41. The van der Waals surface area contributed by atoms with E-state index in [0.717, 1.165) is 12.5 Å². The summed E-state index contributed by atoms with van der Waals surface area (Å²) < 4.78 is 6.20. The fourth-order valence-electron chi connectivity index (χ4n) is 3.65. The molecule has 0 aromatic carbocycles. The Kier molecular flexibility index (Phi) is 5.84. The van der Waals surface area contributed by atoms with E-state index < -0.39 is 0 Å². The van der Waals surface area contributed by atoms with Crippen molar-refractivity contribution in [3.63, 3.8) is 0 Å². The van der Waals surface area contributed by atoms with Crippen LogP contribution in [-0.2, 0) is 4.74 Å². The fourth-order valence-corrected chi connectivity index (χ4v) is 4.58. The first-order valence-electron chi connectivity index (χ1n) is 7.68. The lowest BCUT2D eigenvalue weighted by Crippen LogP contribution is -2.48. The number of nitrogens with one attached hydrogen (secondary N) is 1. The van der Waals surface area contributed by atoms with Gasteiger partial charge in [0, 0.05) is 18.4 Å². The largest absolute Gasteiger partial charge is 0.375 e. The number of thioether (sulfide) groups is 1. The first-order chi connectivity index (χ1) is 8.79. The van der Waals surface area contributed by atoms with E-state index in [-0.39, 0.29) is 5.60 Å². The first kappa shape index (κ1) is 14.7. The molecule has 1 N–H and O–H groups in total. The van der Waals surface area contributed by atoms with Gasteiger partial charge in [-0.15, -0.1) is 0 Å². The van der Waals surface area contributed by atoms with Crippen molar-refractivity contribution in [1.29, 1.82) is 0 Å². The Morgan fingerprint density at radius 1 is 1.33 bits per heavy atom. The van der Waals surface area contributed by atoms with Crippen molar-refractivity contribution in [3.05, 3.63) is 0 Å². The highest BCUT2D eigenvalue weighted by Crippen LogP contribution is 2.41. The van der Waals surface area contributed by atoms with Gasteiger partial charge in [0.2, 0.25) is 0 Å². The maximum Gasteiger partial charge on any atom is 0.0685 e. The molecule has 1 saturated carbocycles. The standard InChI is InChI=1S/C15H29NOS/c1-3-18-12-14(16-2)13-7-10-17-15(11-13)8-5-4-6-9-15/h13-14,16H,3-12H2,1-2H3. The van der Waals surface area contributed by atoms with Crippen LogP contribution in [0.5, 0.6) is 0 Å². The van der Waals surface area contributed by atoms with Crippen molar-refractivity contribution in [2.24, 2.45) is 5.92 Å². The third kappa shape index (κ3) is 3.64. The molecule has 1 spiro atoms. The van der Waals surface area contributed by atoms with Crippen LogP contribution in [0, 0.1) is 5.92 Å². The van der Waals surface area contributed by atoms with Gasteiger partial charge in [-0.1, -0.05) is 26.2 Å². The van der Waals surface area contributed by atoms with E-state index in [1.54, 1.807) is 0 Å². The van der Waals surface area contributed by atoms with Gasteiger partial charge in [0.05, 0.1) is 5.60 Å². The normalized spacial score (nSPS) is 29.3. The second-order valence-electron chi connectivity index (χ2n) is 5.90. The summed E-state index contributed by atoms with van der Waals surface area (Å²) >= 11 is 2.07. The van der Waals surface area contributed by atoms with E-state index in [1.807, 2.05) is 0 Å². The zero-order chi connectivity index (χ0) is 12.8. The number of hydrogen-bond donors (Lipinski definition) is 1. The van der Waals surface area contributed by atoms with Gasteiger partial charge in [-0.2, -0.15) is 11.8 Å². The van der Waals surface area contributed by atoms with Crippen LogP contribution in [0.3, 0.4) is 0 Å². The minimum Gasteiger partial charge on any atom is -0.375 e. The molecule has 0 radical (unpaired) electrons. The van der Waals surface area contributed by atoms with E-state index in [9.17, 15) is 0 Å². The average molecular weight is 271 g/mol. The van der Waals surface area contributed by atoms with E-state index in [1.165, 1.54) is 56.5 Å². The Bertz CT molecular complexity index is 235. The predicted octanol–water partition coefficient (Wildman–Crippen LogP) is 3.46. The molecule has 2 fully saturated rings. The number of hydrogen-bond acceptors (Lipinski definition) is 3. The van der Waals surface area contributed by atoms with Crippen LogP contribution in [0.15, 0.2) is 0 Å². The van der Waals surface area contributed by atoms with Crippen molar-refractivity contribution >= 4 is 11.8 Å². The summed E-state index contributed by atoms with van der Waals surface area (Å²) in [7, 11) is 2.13. The highest BCUT2D eigenvalue weighted by atomic mass is 32.2. The molecule has 2 aliphatic rings. The molecule has 0 aromatic heterocycles. The lowest BCUT2D eigenvalue weighted by molar-refractivity contribution is -0.120. The molecule has 1 heterocycles. The minimum absolute atomic E-state index is 0.257. The van der Waals surface area contributed by atoms with E-state index >= 15 is 0 Å². The molecule has 2 nitrogen and oxygen atoms in total. The van der Waals surface area contributed by atoms with Crippen LogP contribution < -0.4 is 5.32 Å². The zero-order valence-electron chi connectivity index (χ0n) is 12.0. The molecule has 0 amide bonds. The summed E-state index contributed by atoms with van der Waals surface area (Å²) in [5, 5.41) is 3.55. The van der Waals surface area contributed by atoms with Gasteiger partial charge < -0.3 is 10.1 Å². The second-order valence-corrected chi connectivity index (χ2v) is 7.22. The number of rotatable bonds is 5. The molecular weight excluding hydrogens is 242 g/mol. The number of ether oxygens (including phenoxy) is 1. The third-order valence-electron chi connectivity index (χ3n) is 4.74. The van der Waals surface area contributed by atoms with E-state index in [4.69, 9.17) is 4.74 Å².